The van der Waals surface area contributed by atoms with Gasteiger partial charge in [0.2, 0.25) is 10.0 Å². The molecule has 0 saturated heterocycles. The smallest absolute Gasteiger partial charge is 0.276 e. The van der Waals surface area contributed by atoms with Gasteiger partial charge in [0, 0.05) is 30.6 Å². The number of benzene rings is 2. The molecule has 0 atom stereocenters. The van der Waals surface area contributed by atoms with Gasteiger partial charge in [-0.1, -0.05) is 24.3 Å². The van der Waals surface area contributed by atoms with Crippen LogP contribution in [0.25, 0.3) is 5.69 Å². The number of nitrogens with zero attached hydrogens (tertiary/aromatic N) is 3. The second-order valence-electron chi connectivity index (χ2n) is 6.47. The van der Waals surface area contributed by atoms with Gasteiger partial charge in [-0.25, -0.2) is 17.8 Å². The fourth-order valence-corrected chi connectivity index (χ4v) is 3.78. The van der Waals surface area contributed by atoms with E-state index in [0.717, 1.165) is 0 Å². The number of sulfonamides is 1. The molecule has 160 valence electrons. The Morgan fingerprint density at radius 1 is 1.19 bits per heavy atom. The van der Waals surface area contributed by atoms with Gasteiger partial charge >= 0.3 is 0 Å². The summed E-state index contributed by atoms with van der Waals surface area (Å²) in [5.41, 5.74) is 1.51. The predicted molar refractivity (Wildman–Crippen MR) is 115 cm³/mol. The minimum atomic E-state index is -3.47. The van der Waals surface area contributed by atoms with E-state index in [-0.39, 0.29) is 23.7 Å². The zero-order chi connectivity index (χ0) is 22.4. The highest BCUT2D eigenvalue weighted by Crippen LogP contribution is 2.17. The predicted octanol–water partition coefficient (Wildman–Crippen LogP) is 2.64. The molecule has 1 amide bonds. The lowest BCUT2D eigenvalue weighted by molar-refractivity contribution is -0.384. The molecule has 0 unspecified atom stereocenters. The zero-order valence-corrected chi connectivity index (χ0v) is 17.1. The number of carbonyl (C=O) groups is 1. The van der Waals surface area contributed by atoms with Crippen molar-refractivity contribution >= 4 is 27.3 Å². The van der Waals surface area contributed by atoms with Crippen LogP contribution in [0.3, 0.4) is 0 Å². The summed E-state index contributed by atoms with van der Waals surface area (Å²) in [6.45, 7) is 3.62. The fourth-order valence-electron chi connectivity index (χ4n) is 2.67. The molecule has 3 aromatic rings. The Bertz CT molecular complexity index is 1220. The lowest BCUT2D eigenvalue weighted by Gasteiger charge is -2.07. The van der Waals surface area contributed by atoms with Crippen LogP contribution in [0.5, 0.6) is 0 Å². The van der Waals surface area contributed by atoms with Gasteiger partial charge in [0.1, 0.15) is 0 Å². The van der Waals surface area contributed by atoms with Crippen molar-refractivity contribution < 1.29 is 18.1 Å². The Morgan fingerprint density at radius 2 is 1.94 bits per heavy atom. The maximum atomic E-state index is 12.5. The first kappa shape index (κ1) is 21.9. The van der Waals surface area contributed by atoms with Gasteiger partial charge in [0.25, 0.3) is 11.6 Å². The summed E-state index contributed by atoms with van der Waals surface area (Å²) in [6.07, 6.45) is 2.98. The van der Waals surface area contributed by atoms with Crippen molar-refractivity contribution in [3.63, 3.8) is 0 Å². The Kier molecular flexibility index (Phi) is 6.58. The van der Waals surface area contributed by atoms with Crippen LogP contribution in [-0.2, 0) is 15.8 Å². The average Bonchev–Trinajstić information content (AvgIpc) is 3.24. The third-order valence-electron chi connectivity index (χ3n) is 4.14. The first-order valence-electron chi connectivity index (χ1n) is 9.06. The summed E-state index contributed by atoms with van der Waals surface area (Å²) in [5.74, 6) is -0.667. The summed E-state index contributed by atoms with van der Waals surface area (Å²) in [5, 5.41) is 17.8. The molecule has 2 aromatic carbocycles. The fraction of sp³-hybridized carbons (Fsp3) is 0.100. The van der Waals surface area contributed by atoms with Gasteiger partial charge in [0.05, 0.1) is 16.4 Å². The van der Waals surface area contributed by atoms with E-state index in [1.54, 1.807) is 30.3 Å². The maximum absolute atomic E-state index is 12.5. The van der Waals surface area contributed by atoms with E-state index in [2.05, 4.69) is 21.7 Å². The van der Waals surface area contributed by atoms with Gasteiger partial charge in [-0.05, 0) is 29.8 Å². The summed E-state index contributed by atoms with van der Waals surface area (Å²) >= 11 is 0. The minimum Gasteiger partial charge on any atom is -0.321 e. The first-order chi connectivity index (χ1) is 14.8. The quantitative estimate of drug-likeness (QED) is 0.298. The molecular formula is C20H19N5O5S. The molecule has 1 heterocycles. The normalized spacial score (nSPS) is 11.1. The molecule has 0 fully saturated rings. The molecule has 1 aromatic heterocycles. The molecule has 0 aliphatic carbocycles. The van der Waals surface area contributed by atoms with E-state index in [0.29, 0.717) is 16.9 Å². The molecule has 0 aliphatic heterocycles. The molecule has 10 nitrogen and oxygen atoms in total. The molecular weight excluding hydrogens is 422 g/mol. The second kappa shape index (κ2) is 9.32. The molecule has 0 bridgehead atoms. The van der Waals surface area contributed by atoms with E-state index in [9.17, 15) is 23.3 Å². The lowest BCUT2D eigenvalue weighted by atomic mass is 10.2. The van der Waals surface area contributed by atoms with Gasteiger partial charge in [-0.15, -0.1) is 6.58 Å². The number of non-ortho nitro benzene ring substituents is 1. The third-order valence-corrected chi connectivity index (χ3v) is 5.46. The highest BCUT2D eigenvalue weighted by molar-refractivity contribution is 7.88. The largest absolute Gasteiger partial charge is 0.321 e. The van der Waals surface area contributed by atoms with Crippen molar-refractivity contribution in [2.75, 3.05) is 11.9 Å². The number of nitrogens with one attached hydrogen (secondary N) is 2. The number of rotatable bonds is 9. The third kappa shape index (κ3) is 5.84. The van der Waals surface area contributed by atoms with Crippen molar-refractivity contribution in [2.45, 2.75) is 5.75 Å². The van der Waals surface area contributed by atoms with Crippen molar-refractivity contribution in [1.29, 1.82) is 0 Å². The van der Waals surface area contributed by atoms with Crippen molar-refractivity contribution in [2.24, 2.45) is 0 Å². The van der Waals surface area contributed by atoms with E-state index < -0.39 is 20.9 Å². The molecule has 0 radical (unpaired) electrons. The summed E-state index contributed by atoms with van der Waals surface area (Å²) < 4.78 is 27.6. The molecule has 0 saturated carbocycles. The molecule has 31 heavy (non-hydrogen) atoms. The molecule has 11 heteroatoms. The van der Waals surface area contributed by atoms with Crippen LogP contribution in [-0.4, -0.2) is 35.6 Å². The van der Waals surface area contributed by atoms with Crippen LogP contribution in [0.2, 0.25) is 0 Å². The van der Waals surface area contributed by atoms with Gasteiger partial charge in [-0.3, -0.25) is 14.9 Å². The highest BCUT2D eigenvalue weighted by atomic mass is 32.2. The number of nitro groups is 1. The van der Waals surface area contributed by atoms with Gasteiger partial charge in [0.15, 0.2) is 5.69 Å². The van der Waals surface area contributed by atoms with E-state index in [1.165, 1.54) is 41.2 Å². The number of aromatic nitrogens is 2. The van der Waals surface area contributed by atoms with Crippen LogP contribution >= 0.6 is 0 Å². The summed E-state index contributed by atoms with van der Waals surface area (Å²) in [6, 6.07) is 13.8. The van der Waals surface area contributed by atoms with Crippen LogP contribution in [0.1, 0.15) is 16.1 Å². The number of hydrogen-bond acceptors (Lipinski definition) is 6. The number of anilines is 1. The van der Waals surface area contributed by atoms with Crippen molar-refractivity contribution in [3.05, 3.63) is 94.8 Å². The SMILES string of the molecule is C=CCNS(=O)(=O)Cc1ccc(NC(=O)c2ccn(-c3cccc([N+](=O)[O-])c3)n2)cc1. The minimum absolute atomic E-state index is 0.0826. The number of hydrogen-bond donors (Lipinski definition) is 2. The molecule has 0 spiro atoms. The highest BCUT2D eigenvalue weighted by Gasteiger charge is 2.14. The Balaban J connectivity index is 1.66. The Labute approximate surface area is 178 Å². The zero-order valence-electron chi connectivity index (χ0n) is 16.3. The van der Waals surface area contributed by atoms with E-state index in [4.69, 9.17) is 0 Å². The topological polar surface area (TPSA) is 136 Å². The van der Waals surface area contributed by atoms with Crippen LogP contribution in [0.15, 0.2) is 73.4 Å². The van der Waals surface area contributed by atoms with Crippen LogP contribution < -0.4 is 10.0 Å². The van der Waals surface area contributed by atoms with Crippen molar-refractivity contribution in [3.8, 4) is 5.69 Å². The maximum Gasteiger partial charge on any atom is 0.276 e. The second-order valence-corrected chi connectivity index (χ2v) is 8.28. The molecule has 0 aliphatic rings. The van der Waals surface area contributed by atoms with Gasteiger partial charge in [-0.2, -0.15) is 5.10 Å². The average molecular weight is 441 g/mol. The Morgan fingerprint density at radius 3 is 2.61 bits per heavy atom. The monoisotopic (exact) mass is 441 g/mol. The number of amides is 1. The van der Waals surface area contributed by atoms with E-state index in [1.807, 2.05) is 0 Å². The summed E-state index contributed by atoms with van der Waals surface area (Å²) in [7, 11) is -3.47. The number of nitro benzene ring substituents is 1. The van der Waals surface area contributed by atoms with Crippen LogP contribution in [0, 0.1) is 10.1 Å². The van der Waals surface area contributed by atoms with E-state index >= 15 is 0 Å². The molecule has 3 rings (SSSR count). The van der Waals surface area contributed by atoms with Crippen LogP contribution in [0.4, 0.5) is 11.4 Å². The van der Waals surface area contributed by atoms with Gasteiger partial charge < -0.3 is 5.32 Å². The standard InChI is InChI=1S/C20H19N5O5S/c1-2-11-21-31(29,30)14-15-6-8-16(9-7-15)22-20(26)19-10-12-24(23-19)17-4-3-5-18(13-17)25(27)28/h2-10,12-13,21H,1,11,14H2,(H,22,26). The first-order valence-corrected chi connectivity index (χ1v) is 10.7. The summed E-state index contributed by atoms with van der Waals surface area (Å²) in [4.78, 5) is 22.9. The lowest BCUT2D eigenvalue weighted by Crippen LogP contribution is -2.25. The Hall–Kier alpha value is -3.83. The van der Waals surface area contributed by atoms with Crippen molar-refractivity contribution in [1.82, 2.24) is 14.5 Å². The number of carbonyl (C=O) groups excluding carboxylic acids is 1. The molecule has 2 N–H and O–H groups in total.